The van der Waals surface area contributed by atoms with Crippen LogP contribution in [0.15, 0.2) is 0 Å². The van der Waals surface area contributed by atoms with Crippen LogP contribution < -0.4 is 21.9 Å². The Balaban J connectivity index is 3.70. The van der Waals surface area contributed by atoms with Gasteiger partial charge in [0.25, 0.3) is 0 Å². The minimum Gasteiger partial charge on any atom is -0.351 e. The van der Waals surface area contributed by atoms with Crippen molar-refractivity contribution >= 4 is 17.8 Å². The number of urea groups is 1. The number of rotatable bonds is 0. The molecule has 0 saturated carbocycles. The molecule has 0 aromatic carbocycles. The summed E-state index contributed by atoms with van der Waals surface area (Å²) in [5, 5.41) is 2.05. The average molecular weight is 160 g/mol. The summed E-state index contributed by atoms with van der Waals surface area (Å²) >= 11 is 0. The molecule has 0 atom stereocenters. The van der Waals surface area contributed by atoms with Crippen molar-refractivity contribution in [1.82, 2.24) is 16.2 Å². The Hall–Kier alpha value is -1.79. The van der Waals surface area contributed by atoms with Crippen LogP contribution in [-0.2, 0) is 9.59 Å². The number of nitrogens with two attached hydrogens (primary N) is 1. The highest BCUT2D eigenvalue weighted by atomic mass is 16.2. The largest absolute Gasteiger partial charge is 0.351 e. The number of likely N-dealkylation sites (N-methyl/N-ethyl adjacent to an activating group) is 1. The summed E-state index contributed by atoms with van der Waals surface area (Å²) in [4.78, 5) is 30.9. The van der Waals surface area contributed by atoms with Crippen LogP contribution >= 0.6 is 0 Å². The third kappa shape index (κ3) is 3.73. The monoisotopic (exact) mass is 160 g/mol. The Morgan fingerprint density at radius 2 is 1.64 bits per heavy atom. The summed E-state index contributed by atoms with van der Waals surface area (Å²) < 4.78 is 0. The number of hydrazine groups is 1. The molecule has 0 saturated heterocycles. The Morgan fingerprint density at radius 1 is 1.09 bits per heavy atom. The minimum absolute atomic E-state index is 0.862. The molecule has 4 amide bonds. The molecule has 5 N–H and O–H groups in total. The molecule has 0 bridgehead atoms. The van der Waals surface area contributed by atoms with Crippen molar-refractivity contribution < 1.29 is 14.4 Å². The second kappa shape index (κ2) is 4.09. The SMILES string of the molecule is CNC(=O)C(=O)NNC(N)=O. The van der Waals surface area contributed by atoms with E-state index >= 15 is 0 Å². The van der Waals surface area contributed by atoms with Gasteiger partial charge in [-0.3, -0.25) is 15.0 Å². The number of hydrogen-bond donors (Lipinski definition) is 4. The van der Waals surface area contributed by atoms with Gasteiger partial charge in [-0.25, -0.2) is 10.2 Å². The molecule has 0 aromatic heterocycles. The second-order valence-electron chi connectivity index (χ2n) is 1.52. The summed E-state index contributed by atoms with van der Waals surface area (Å²) in [7, 11) is 1.28. The standard InChI is InChI=1S/C4H8N4O3/c1-6-2(9)3(10)7-8-4(5)11/h1H3,(H,6,9)(H,7,10)(H3,5,8,11). The van der Waals surface area contributed by atoms with Crippen LogP contribution in [0.25, 0.3) is 0 Å². The quantitative estimate of drug-likeness (QED) is 0.231. The molecule has 0 unspecified atom stereocenters. The lowest BCUT2D eigenvalue weighted by Crippen LogP contribution is -2.49. The Kier molecular flexibility index (Phi) is 3.43. The second-order valence-corrected chi connectivity index (χ2v) is 1.52. The predicted octanol–water partition coefficient (Wildman–Crippen LogP) is -2.57. The van der Waals surface area contributed by atoms with E-state index in [1.165, 1.54) is 7.05 Å². The van der Waals surface area contributed by atoms with Gasteiger partial charge in [0.05, 0.1) is 0 Å². The highest BCUT2D eigenvalue weighted by Gasteiger charge is 2.09. The van der Waals surface area contributed by atoms with Crippen LogP contribution in [-0.4, -0.2) is 24.9 Å². The van der Waals surface area contributed by atoms with Crippen molar-refractivity contribution in [2.45, 2.75) is 0 Å². The zero-order chi connectivity index (χ0) is 8.85. The van der Waals surface area contributed by atoms with Gasteiger partial charge >= 0.3 is 17.8 Å². The van der Waals surface area contributed by atoms with E-state index in [0.717, 1.165) is 0 Å². The summed E-state index contributed by atoms with van der Waals surface area (Å²) in [6, 6.07) is -0.942. The van der Waals surface area contributed by atoms with E-state index in [1.807, 2.05) is 5.32 Å². The van der Waals surface area contributed by atoms with Crippen LogP contribution in [0.1, 0.15) is 0 Å². The first-order chi connectivity index (χ1) is 5.07. The van der Waals surface area contributed by atoms with Gasteiger partial charge in [0.2, 0.25) is 0 Å². The zero-order valence-corrected chi connectivity index (χ0v) is 5.80. The highest BCUT2D eigenvalue weighted by Crippen LogP contribution is 1.61. The molecule has 0 fully saturated rings. The van der Waals surface area contributed by atoms with E-state index < -0.39 is 17.8 Å². The van der Waals surface area contributed by atoms with Gasteiger partial charge in [-0.1, -0.05) is 0 Å². The number of primary amides is 1. The molecule has 7 nitrogen and oxygen atoms in total. The number of carbonyl (C=O) groups excluding carboxylic acids is 3. The van der Waals surface area contributed by atoms with Gasteiger partial charge in [0.15, 0.2) is 0 Å². The van der Waals surface area contributed by atoms with E-state index in [-0.39, 0.29) is 0 Å². The van der Waals surface area contributed by atoms with Crippen LogP contribution in [0.4, 0.5) is 4.79 Å². The first-order valence-corrected chi connectivity index (χ1v) is 2.65. The first kappa shape index (κ1) is 9.21. The Morgan fingerprint density at radius 3 is 2.00 bits per heavy atom. The maximum absolute atomic E-state index is 10.5. The molecule has 0 aliphatic heterocycles. The molecule has 0 spiro atoms. The molecule has 11 heavy (non-hydrogen) atoms. The predicted molar refractivity (Wildman–Crippen MR) is 34.9 cm³/mol. The summed E-state index contributed by atoms with van der Waals surface area (Å²) in [5.74, 6) is -1.84. The van der Waals surface area contributed by atoms with Crippen LogP contribution in [0.5, 0.6) is 0 Å². The van der Waals surface area contributed by atoms with Gasteiger partial charge in [0, 0.05) is 7.05 Å². The summed E-state index contributed by atoms with van der Waals surface area (Å²) in [6.07, 6.45) is 0. The van der Waals surface area contributed by atoms with Crippen LogP contribution in [0.2, 0.25) is 0 Å². The molecule has 7 heteroatoms. The van der Waals surface area contributed by atoms with Gasteiger partial charge in [-0.05, 0) is 0 Å². The van der Waals surface area contributed by atoms with Crippen LogP contribution in [0.3, 0.4) is 0 Å². The lowest BCUT2D eigenvalue weighted by Gasteiger charge is -2.01. The highest BCUT2D eigenvalue weighted by molar-refractivity contribution is 6.35. The first-order valence-electron chi connectivity index (χ1n) is 2.65. The van der Waals surface area contributed by atoms with Crippen molar-refractivity contribution in [2.75, 3.05) is 7.05 Å². The molecule has 0 heterocycles. The Labute approximate surface area is 62.3 Å². The van der Waals surface area contributed by atoms with Gasteiger partial charge < -0.3 is 11.1 Å². The fourth-order valence-corrected chi connectivity index (χ4v) is 0.289. The average Bonchev–Trinajstić information content (AvgIpc) is 1.98. The number of amides is 4. The molecule has 0 aliphatic carbocycles. The molecule has 62 valence electrons. The van der Waals surface area contributed by atoms with E-state index in [9.17, 15) is 14.4 Å². The third-order valence-electron chi connectivity index (χ3n) is 0.733. The van der Waals surface area contributed by atoms with Gasteiger partial charge in [0.1, 0.15) is 0 Å². The normalized spacial score (nSPS) is 8.09. The van der Waals surface area contributed by atoms with Crippen molar-refractivity contribution in [3.63, 3.8) is 0 Å². The van der Waals surface area contributed by atoms with Gasteiger partial charge in [-0.2, -0.15) is 0 Å². The molecule has 0 aromatic rings. The van der Waals surface area contributed by atoms with E-state index in [4.69, 9.17) is 0 Å². The number of nitrogens with one attached hydrogen (secondary N) is 3. The molecule has 0 radical (unpaired) electrons. The van der Waals surface area contributed by atoms with Crippen LogP contribution in [0, 0.1) is 0 Å². The molecular formula is C4H8N4O3. The maximum Gasteiger partial charge on any atom is 0.330 e. The fourth-order valence-electron chi connectivity index (χ4n) is 0.289. The fraction of sp³-hybridized carbons (Fsp3) is 0.250. The van der Waals surface area contributed by atoms with Crippen molar-refractivity contribution in [1.29, 1.82) is 0 Å². The van der Waals surface area contributed by atoms with Crippen molar-refractivity contribution in [3.05, 3.63) is 0 Å². The molecular weight excluding hydrogens is 152 g/mol. The van der Waals surface area contributed by atoms with Gasteiger partial charge in [-0.15, -0.1) is 0 Å². The number of hydrogen-bond acceptors (Lipinski definition) is 3. The summed E-state index contributed by atoms with van der Waals surface area (Å²) in [6.45, 7) is 0. The smallest absolute Gasteiger partial charge is 0.330 e. The lowest BCUT2D eigenvalue weighted by atomic mass is 10.6. The minimum atomic E-state index is -0.980. The Bertz CT molecular complexity index is 190. The lowest BCUT2D eigenvalue weighted by molar-refractivity contribution is -0.139. The topological polar surface area (TPSA) is 113 Å². The number of carbonyl (C=O) groups is 3. The molecule has 0 rings (SSSR count). The van der Waals surface area contributed by atoms with E-state index in [1.54, 1.807) is 10.9 Å². The molecule has 0 aliphatic rings. The summed E-state index contributed by atoms with van der Waals surface area (Å²) in [5.41, 5.74) is 8.08. The third-order valence-corrected chi connectivity index (χ3v) is 0.733. The van der Waals surface area contributed by atoms with Crippen molar-refractivity contribution in [3.8, 4) is 0 Å². The van der Waals surface area contributed by atoms with E-state index in [0.29, 0.717) is 0 Å². The van der Waals surface area contributed by atoms with E-state index in [2.05, 4.69) is 5.73 Å². The zero-order valence-electron chi connectivity index (χ0n) is 5.80. The van der Waals surface area contributed by atoms with Crippen molar-refractivity contribution in [2.24, 2.45) is 5.73 Å². The maximum atomic E-state index is 10.5.